The molecule has 2 heterocycles. The van der Waals surface area contributed by atoms with Crippen LogP contribution in [0.2, 0.25) is 0 Å². The molecule has 16 heavy (non-hydrogen) atoms. The number of rotatable bonds is 2. The van der Waals surface area contributed by atoms with E-state index in [4.69, 9.17) is 14.7 Å². The fraction of sp³-hybridized carbons (Fsp3) is 0.600. The van der Waals surface area contributed by atoms with Crippen LogP contribution in [0.1, 0.15) is 0 Å². The van der Waals surface area contributed by atoms with Crippen LogP contribution < -0.4 is 0 Å². The van der Waals surface area contributed by atoms with Crippen molar-refractivity contribution in [2.45, 2.75) is 6.10 Å². The van der Waals surface area contributed by atoms with Gasteiger partial charge in [0.2, 0.25) is 0 Å². The lowest BCUT2D eigenvalue weighted by atomic mass is 10.1. The van der Waals surface area contributed by atoms with Crippen LogP contribution in [0.3, 0.4) is 0 Å². The Labute approximate surface area is 102 Å². The summed E-state index contributed by atoms with van der Waals surface area (Å²) >= 11 is 3.25. The number of hydrogen-bond donors (Lipinski definition) is 0. The monoisotopic (exact) mass is 257 g/mol. The minimum absolute atomic E-state index is 0.367. The Morgan fingerprint density at radius 1 is 1.38 bits per heavy atom. The maximum absolute atomic E-state index is 11.6. The molecule has 0 saturated carbocycles. The van der Waals surface area contributed by atoms with Gasteiger partial charge in [-0.25, -0.2) is 0 Å². The van der Waals surface area contributed by atoms with Gasteiger partial charge in [-0.2, -0.15) is 5.26 Å². The van der Waals surface area contributed by atoms with E-state index in [-0.39, 0.29) is 6.10 Å². The van der Waals surface area contributed by atoms with Gasteiger partial charge in [-0.1, -0.05) is 0 Å². The van der Waals surface area contributed by atoms with Crippen molar-refractivity contribution in [1.29, 1.82) is 5.26 Å². The molecule has 1 atom stereocenters. The van der Waals surface area contributed by atoms with Crippen molar-refractivity contribution in [1.82, 2.24) is 0 Å². The summed E-state index contributed by atoms with van der Waals surface area (Å²) in [5.41, 5.74) is 0.495. The number of ketones is 1. The Kier molecular flexibility index (Phi) is 4.29. The zero-order valence-corrected chi connectivity index (χ0v) is 10.2. The van der Waals surface area contributed by atoms with Gasteiger partial charge in [0.1, 0.15) is 12.2 Å². The smallest absolute Gasteiger partial charge is 0.262 e. The van der Waals surface area contributed by atoms with E-state index >= 15 is 0 Å². The molecule has 1 unspecified atom stereocenters. The molecule has 6 heteroatoms. The molecule has 0 aromatic carbocycles. The lowest BCUT2D eigenvalue weighted by molar-refractivity contribution is -0.115. The Morgan fingerprint density at radius 2 is 2.12 bits per heavy atom. The Hall–Kier alpha value is -0.480. The van der Waals surface area contributed by atoms with E-state index in [1.54, 1.807) is 29.6 Å². The van der Waals surface area contributed by atoms with Gasteiger partial charge in [0.05, 0.1) is 29.6 Å². The standard InChI is InChI=1S/C10H11NO3S2/c11-5-7(12)9(10-15-3-4-16-10)8-6-13-1-2-14-8/h8H,1-4,6H2. The van der Waals surface area contributed by atoms with E-state index in [2.05, 4.69) is 0 Å². The first-order chi connectivity index (χ1) is 7.83. The molecule has 2 fully saturated rings. The molecular weight excluding hydrogens is 246 g/mol. The summed E-state index contributed by atoms with van der Waals surface area (Å²) in [4.78, 5) is 11.6. The molecule has 2 rings (SSSR count). The fourth-order valence-electron chi connectivity index (χ4n) is 1.55. The van der Waals surface area contributed by atoms with Crippen LogP contribution in [0, 0.1) is 11.3 Å². The molecule has 0 amide bonds. The minimum Gasteiger partial charge on any atom is -0.376 e. The number of hydrogen-bond acceptors (Lipinski definition) is 6. The molecule has 0 spiro atoms. The predicted octanol–water partition coefficient (Wildman–Crippen LogP) is 1.19. The highest BCUT2D eigenvalue weighted by atomic mass is 32.2. The number of thioether (sulfide) groups is 2. The van der Waals surface area contributed by atoms with Crippen molar-refractivity contribution in [2.24, 2.45) is 0 Å². The fourth-order valence-corrected chi connectivity index (χ4v) is 4.18. The second-order valence-electron chi connectivity index (χ2n) is 3.27. The molecule has 2 aliphatic rings. The number of nitrogens with zero attached hydrogens (tertiary/aromatic N) is 1. The van der Waals surface area contributed by atoms with Crippen molar-refractivity contribution in [3.63, 3.8) is 0 Å². The molecule has 2 saturated heterocycles. The summed E-state index contributed by atoms with van der Waals surface area (Å²) < 4.78 is 11.7. The van der Waals surface area contributed by atoms with Gasteiger partial charge >= 0.3 is 0 Å². The third-order valence-corrected chi connectivity index (χ3v) is 5.00. The Morgan fingerprint density at radius 3 is 2.69 bits per heavy atom. The van der Waals surface area contributed by atoms with Gasteiger partial charge in [0.15, 0.2) is 0 Å². The van der Waals surface area contributed by atoms with Crippen LogP contribution in [-0.2, 0) is 14.3 Å². The molecule has 0 aromatic heterocycles. The summed E-state index contributed by atoms with van der Waals surface area (Å²) in [6.07, 6.45) is -0.367. The predicted molar refractivity (Wildman–Crippen MR) is 63.1 cm³/mol. The SMILES string of the molecule is N#CC(=O)C(=C1SCCS1)C1COCCO1. The van der Waals surface area contributed by atoms with Gasteiger partial charge < -0.3 is 9.47 Å². The van der Waals surface area contributed by atoms with Crippen molar-refractivity contribution >= 4 is 29.3 Å². The summed E-state index contributed by atoms with van der Waals surface area (Å²) in [6, 6.07) is 1.68. The molecule has 0 aliphatic carbocycles. The van der Waals surface area contributed by atoms with Crippen LogP contribution in [0.25, 0.3) is 0 Å². The van der Waals surface area contributed by atoms with Gasteiger partial charge in [0.25, 0.3) is 5.78 Å². The highest BCUT2D eigenvalue weighted by Crippen LogP contribution is 2.40. The number of Topliss-reactive ketones (excluding diaryl/α,β-unsaturated/α-hetero) is 1. The normalized spacial score (nSPS) is 25.2. The molecule has 4 nitrogen and oxygen atoms in total. The summed E-state index contributed by atoms with van der Waals surface area (Å²) in [6.45, 7) is 1.41. The zero-order valence-electron chi connectivity index (χ0n) is 8.60. The number of carbonyl (C=O) groups is 1. The maximum Gasteiger partial charge on any atom is 0.262 e. The first-order valence-corrected chi connectivity index (χ1v) is 6.93. The van der Waals surface area contributed by atoms with E-state index in [0.29, 0.717) is 25.4 Å². The summed E-state index contributed by atoms with van der Waals surface area (Å²) in [5.74, 6) is 1.47. The molecule has 0 radical (unpaired) electrons. The first-order valence-electron chi connectivity index (χ1n) is 4.96. The molecule has 2 aliphatic heterocycles. The van der Waals surface area contributed by atoms with E-state index in [0.717, 1.165) is 15.7 Å². The summed E-state index contributed by atoms with van der Waals surface area (Å²) in [5, 5.41) is 8.75. The molecular formula is C10H11NO3S2. The zero-order chi connectivity index (χ0) is 11.4. The van der Waals surface area contributed by atoms with Crippen LogP contribution >= 0.6 is 23.5 Å². The van der Waals surface area contributed by atoms with Crippen molar-refractivity contribution in [2.75, 3.05) is 31.3 Å². The minimum atomic E-state index is -0.493. The second-order valence-corrected chi connectivity index (χ2v) is 5.74. The van der Waals surface area contributed by atoms with Gasteiger partial charge in [0, 0.05) is 11.5 Å². The lowest BCUT2D eigenvalue weighted by Crippen LogP contribution is -2.33. The maximum atomic E-state index is 11.6. The van der Waals surface area contributed by atoms with Crippen molar-refractivity contribution in [3.8, 4) is 6.07 Å². The third-order valence-electron chi connectivity index (χ3n) is 2.25. The lowest BCUT2D eigenvalue weighted by Gasteiger charge is -2.24. The second kappa shape index (κ2) is 5.73. The van der Waals surface area contributed by atoms with Crippen LogP contribution in [0.4, 0.5) is 0 Å². The van der Waals surface area contributed by atoms with E-state index in [1.165, 1.54) is 0 Å². The van der Waals surface area contributed by atoms with Gasteiger partial charge in [-0.05, 0) is 0 Å². The molecule has 0 aromatic rings. The number of carbonyl (C=O) groups excluding carboxylic acids is 1. The van der Waals surface area contributed by atoms with Crippen molar-refractivity contribution in [3.05, 3.63) is 9.81 Å². The van der Waals surface area contributed by atoms with Crippen LogP contribution in [0.15, 0.2) is 9.81 Å². The van der Waals surface area contributed by atoms with Gasteiger partial charge in [-0.3, -0.25) is 4.79 Å². The highest BCUT2D eigenvalue weighted by Gasteiger charge is 2.29. The topological polar surface area (TPSA) is 59.3 Å². The summed E-state index contributed by atoms with van der Waals surface area (Å²) in [7, 11) is 0. The van der Waals surface area contributed by atoms with Gasteiger partial charge in [-0.15, -0.1) is 23.5 Å². The van der Waals surface area contributed by atoms with Crippen LogP contribution in [0.5, 0.6) is 0 Å². The highest BCUT2D eigenvalue weighted by molar-refractivity contribution is 8.25. The van der Waals surface area contributed by atoms with E-state index < -0.39 is 5.78 Å². The average Bonchev–Trinajstić information content (AvgIpc) is 2.84. The molecule has 0 bridgehead atoms. The molecule has 86 valence electrons. The van der Waals surface area contributed by atoms with E-state index in [1.807, 2.05) is 0 Å². The number of ether oxygens (including phenoxy) is 2. The van der Waals surface area contributed by atoms with E-state index in [9.17, 15) is 4.79 Å². The Balaban J connectivity index is 2.23. The first kappa shape index (κ1) is 12.0. The Bertz CT molecular complexity index is 348. The van der Waals surface area contributed by atoms with Crippen molar-refractivity contribution < 1.29 is 14.3 Å². The number of nitriles is 1. The average molecular weight is 257 g/mol. The largest absolute Gasteiger partial charge is 0.376 e. The quantitative estimate of drug-likeness (QED) is 0.547. The van der Waals surface area contributed by atoms with Crippen LogP contribution in [-0.4, -0.2) is 43.2 Å². The third kappa shape index (κ3) is 2.61. The molecule has 0 N–H and O–H groups in total.